The van der Waals surface area contributed by atoms with Crippen LogP contribution in [0.25, 0.3) is 0 Å². The standard InChI is InChI=1S/C14H19BrN2O2/c1-3-8-16-13(18)10-17(2)14(19)9-11-4-6-12(15)7-5-11/h4-7H,3,8-10H2,1-2H3,(H,16,18). The molecular formula is C14H19BrN2O2. The van der Waals surface area contributed by atoms with Gasteiger partial charge in [-0.3, -0.25) is 9.59 Å². The van der Waals surface area contributed by atoms with Crippen LogP contribution in [0.4, 0.5) is 0 Å². The van der Waals surface area contributed by atoms with Crippen LogP contribution in [-0.2, 0) is 16.0 Å². The molecule has 0 spiro atoms. The molecule has 0 aliphatic rings. The fraction of sp³-hybridized carbons (Fsp3) is 0.429. The van der Waals surface area contributed by atoms with Crippen molar-refractivity contribution in [3.63, 3.8) is 0 Å². The normalized spacial score (nSPS) is 10.1. The van der Waals surface area contributed by atoms with E-state index in [2.05, 4.69) is 21.2 Å². The van der Waals surface area contributed by atoms with Gasteiger partial charge in [-0.05, 0) is 24.1 Å². The minimum absolute atomic E-state index is 0.0611. The van der Waals surface area contributed by atoms with Gasteiger partial charge < -0.3 is 10.2 Å². The smallest absolute Gasteiger partial charge is 0.239 e. The molecule has 0 bridgehead atoms. The summed E-state index contributed by atoms with van der Waals surface area (Å²) in [4.78, 5) is 24.9. The summed E-state index contributed by atoms with van der Waals surface area (Å²) in [5, 5.41) is 2.75. The number of nitrogens with one attached hydrogen (secondary N) is 1. The maximum atomic E-state index is 11.9. The average Bonchev–Trinajstić information content (AvgIpc) is 2.39. The molecule has 0 radical (unpaired) electrons. The minimum atomic E-state index is -0.117. The second-order valence-electron chi connectivity index (χ2n) is 4.40. The fourth-order valence-electron chi connectivity index (χ4n) is 1.54. The summed E-state index contributed by atoms with van der Waals surface area (Å²) in [6, 6.07) is 7.59. The number of likely N-dealkylation sites (N-methyl/N-ethyl adjacent to an activating group) is 1. The fourth-order valence-corrected chi connectivity index (χ4v) is 1.80. The lowest BCUT2D eigenvalue weighted by Gasteiger charge is -2.16. The van der Waals surface area contributed by atoms with E-state index in [1.54, 1.807) is 7.05 Å². The molecule has 0 saturated carbocycles. The van der Waals surface area contributed by atoms with Gasteiger partial charge in [-0.2, -0.15) is 0 Å². The number of hydrogen-bond donors (Lipinski definition) is 1. The number of hydrogen-bond acceptors (Lipinski definition) is 2. The highest BCUT2D eigenvalue weighted by Gasteiger charge is 2.12. The Morgan fingerprint density at radius 3 is 2.47 bits per heavy atom. The third-order valence-electron chi connectivity index (χ3n) is 2.65. The van der Waals surface area contributed by atoms with E-state index in [0.717, 1.165) is 16.5 Å². The van der Waals surface area contributed by atoms with E-state index in [-0.39, 0.29) is 18.4 Å². The second kappa shape index (κ2) is 7.94. The van der Waals surface area contributed by atoms with Crippen LogP contribution in [0.3, 0.4) is 0 Å². The lowest BCUT2D eigenvalue weighted by Crippen LogP contribution is -2.39. The van der Waals surface area contributed by atoms with Gasteiger partial charge in [0, 0.05) is 18.1 Å². The van der Waals surface area contributed by atoms with E-state index in [4.69, 9.17) is 0 Å². The highest BCUT2D eigenvalue weighted by Crippen LogP contribution is 2.11. The maximum absolute atomic E-state index is 11.9. The zero-order valence-corrected chi connectivity index (χ0v) is 12.9. The molecule has 1 rings (SSSR count). The Hall–Kier alpha value is -1.36. The van der Waals surface area contributed by atoms with Crippen LogP contribution >= 0.6 is 15.9 Å². The van der Waals surface area contributed by atoms with Gasteiger partial charge in [0.1, 0.15) is 0 Å². The minimum Gasteiger partial charge on any atom is -0.355 e. The molecule has 0 aliphatic carbocycles. The molecule has 0 fully saturated rings. The molecule has 19 heavy (non-hydrogen) atoms. The van der Waals surface area contributed by atoms with Crippen molar-refractivity contribution < 1.29 is 9.59 Å². The maximum Gasteiger partial charge on any atom is 0.239 e. The number of rotatable bonds is 6. The predicted octanol–water partition coefficient (Wildman–Crippen LogP) is 1.98. The molecule has 0 heterocycles. The summed E-state index contributed by atoms with van der Waals surface area (Å²) in [6.07, 6.45) is 1.20. The Balaban J connectivity index is 2.44. The summed E-state index contributed by atoms with van der Waals surface area (Å²) in [6.45, 7) is 2.74. The van der Waals surface area contributed by atoms with Crippen LogP contribution in [0.5, 0.6) is 0 Å². The number of benzene rings is 1. The molecule has 1 aromatic carbocycles. The topological polar surface area (TPSA) is 49.4 Å². The third kappa shape index (κ3) is 5.87. The average molecular weight is 327 g/mol. The van der Waals surface area contributed by atoms with Gasteiger partial charge in [-0.15, -0.1) is 0 Å². The van der Waals surface area contributed by atoms with Crippen LogP contribution in [-0.4, -0.2) is 36.9 Å². The van der Waals surface area contributed by atoms with Crippen molar-refractivity contribution in [3.05, 3.63) is 34.3 Å². The molecule has 104 valence electrons. The van der Waals surface area contributed by atoms with Crippen molar-refractivity contribution in [2.75, 3.05) is 20.1 Å². The molecule has 0 saturated heterocycles. The van der Waals surface area contributed by atoms with Crippen LogP contribution in [0, 0.1) is 0 Å². The molecule has 5 heteroatoms. The largest absolute Gasteiger partial charge is 0.355 e. The lowest BCUT2D eigenvalue weighted by atomic mass is 10.1. The van der Waals surface area contributed by atoms with Crippen LogP contribution < -0.4 is 5.32 Å². The Kier molecular flexibility index (Phi) is 6.56. The molecule has 1 N–H and O–H groups in total. The summed E-state index contributed by atoms with van der Waals surface area (Å²) < 4.78 is 0.982. The molecule has 0 aromatic heterocycles. The zero-order chi connectivity index (χ0) is 14.3. The summed E-state index contributed by atoms with van der Waals surface area (Å²) in [5.74, 6) is -0.178. The number of nitrogens with zero attached hydrogens (tertiary/aromatic N) is 1. The molecule has 1 aromatic rings. The van der Waals surface area contributed by atoms with Crippen LogP contribution in [0.2, 0.25) is 0 Å². The number of halogens is 1. The van der Waals surface area contributed by atoms with Crippen molar-refractivity contribution in [2.45, 2.75) is 19.8 Å². The lowest BCUT2D eigenvalue weighted by molar-refractivity contribution is -0.134. The summed E-state index contributed by atoms with van der Waals surface area (Å²) in [7, 11) is 1.65. The molecular weight excluding hydrogens is 308 g/mol. The third-order valence-corrected chi connectivity index (χ3v) is 3.18. The first-order valence-electron chi connectivity index (χ1n) is 6.28. The zero-order valence-electron chi connectivity index (χ0n) is 11.3. The van der Waals surface area contributed by atoms with E-state index >= 15 is 0 Å². The number of amides is 2. The van der Waals surface area contributed by atoms with Gasteiger partial charge in [-0.1, -0.05) is 35.0 Å². The van der Waals surface area contributed by atoms with Gasteiger partial charge in [0.15, 0.2) is 0 Å². The summed E-state index contributed by atoms with van der Waals surface area (Å²) in [5.41, 5.74) is 0.939. The quantitative estimate of drug-likeness (QED) is 0.869. The van der Waals surface area contributed by atoms with Crippen LogP contribution in [0.1, 0.15) is 18.9 Å². The summed E-state index contributed by atoms with van der Waals surface area (Å²) >= 11 is 3.35. The molecule has 2 amide bonds. The number of carbonyl (C=O) groups excluding carboxylic acids is 2. The van der Waals surface area contributed by atoms with Crippen molar-refractivity contribution in [1.82, 2.24) is 10.2 Å². The number of carbonyl (C=O) groups is 2. The Morgan fingerprint density at radius 1 is 1.26 bits per heavy atom. The molecule has 0 atom stereocenters. The van der Waals surface area contributed by atoms with Gasteiger partial charge in [0.2, 0.25) is 11.8 Å². The van der Waals surface area contributed by atoms with E-state index in [0.29, 0.717) is 13.0 Å². The SMILES string of the molecule is CCCNC(=O)CN(C)C(=O)Cc1ccc(Br)cc1. The molecule has 0 unspecified atom stereocenters. The first kappa shape index (κ1) is 15.7. The van der Waals surface area contributed by atoms with E-state index in [1.165, 1.54) is 4.90 Å². The van der Waals surface area contributed by atoms with E-state index in [9.17, 15) is 9.59 Å². The highest BCUT2D eigenvalue weighted by atomic mass is 79.9. The molecule has 0 aliphatic heterocycles. The first-order chi connectivity index (χ1) is 9.02. The Bertz CT molecular complexity index is 432. The van der Waals surface area contributed by atoms with Crippen molar-refractivity contribution in [1.29, 1.82) is 0 Å². The first-order valence-corrected chi connectivity index (χ1v) is 7.07. The Morgan fingerprint density at radius 2 is 1.89 bits per heavy atom. The highest BCUT2D eigenvalue weighted by molar-refractivity contribution is 9.10. The van der Waals surface area contributed by atoms with Crippen molar-refractivity contribution in [2.24, 2.45) is 0 Å². The Labute approximate surface area is 122 Å². The van der Waals surface area contributed by atoms with E-state index < -0.39 is 0 Å². The van der Waals surface area contributed by atoms with Crippen LogP contribution in [0.15, 0.2) is 28.7 Å². The van der Waals surface area contributed by atoms with E-state index in [1.807, 2.05) is 31.2 Å². The second-order valence-corrected chi connectivity index (χ2v) is 5.32. The monoisotopic (exact) mass is 326 g/mol. The van der Waals surface area contributed by atoms with Gasteiger partial charge in [0.25, 0.3) is 0 Å². The van der Waals surface area contributed by atoms with Gasteiger partial charge in [-0.25, -0.2) is 0 Å². The predicted molar refractivity (Wildman–Crippen MR) is 78.8 cm³/mol. The molecule has 4 nitrogen and oxygen atoms in total. The van der Waals surface area contributed by atoms with Crippen molar-refractivity contribution in [3.8, 4) is 0 Å². The van der Waals surface area contributed by atoms with Crippen molar-refractivity contribution >= 4 is 27.7 Å². The van der Waals surface area contributed by atoms with Gasteiger partial charge in [0.05, 0.1) is 13.0 Å². The van der Waals surface area contributed by atoms with Gasteiger partial charge >= 0.3 is 0 Å².